The molecular formula is C23H21FN4O5S. The van der Waals surface area contributed by atoms with Crippen LogP contribution in [0.15, 0.2) is 47.3 Å². The molecule has 1 aromatic carbocycles. The molecule has 1 amide bonds. The zero-order valence-electron chi connectivity index (χ0n) is 18.0. The van der Waals surface area contributed by atoms with Gasteiger partial charge in [0, 0.05) is 23.4 Å². The Labute approximate surface area is 196 Å². The van der Waals surface area contributed by atoms with E-state index < -0.39 is 28.4 Å². The first-order valence-corrected chi connectivity index (χ1v) is 12.3. The van der Waals surface area contributed by atoms with Gasteiger partial charge in [0.2, 0.25) is 0 Å². The van der Waals surface area contributed by atoms with Crippen molar-refractivity contribution < 1.29 is 27.3 Å². The highest BCUT2D eigenvalue weighted by molar-refractivity contribution is 7.87. The Balaban J connectivity index is 1.28. The molecule has 2 aliphatic carbocycles. The van der Waals surface area contributed by atoms with E-state index >= 15 is 4.39 Å². The first-order chi connectivity index (χ1) is 16.5. The number of aromatic nitrogens is 2. The number of hydrogen-bond donors (Lipinski definition) is 1. The highest BCUT2D eigenvalue weighted by Crippen LogP contribution is 2.53. The van der Waals surface area contributed by atoms with E-state index in [1.54, 1.807) is 17.0 Å². The summed E-state index contributed by atoms with van der Waals surface area (Å²) < 4.78 is 46.4. The van der Waals surface area contributed by atoms with Crippen LogP contribution >= 0.6 is 0 Å². The molecule has 1 unspecified atom stereocenters. The van der Waals surface area contributed by atoms with Crippen LogP contribution in [0.3, 0.4) is 0 Å². The fourth-order valence-corrected chi connectivity index (χ4v) is 5.50. The van der Waals surface area contributed by atoms with E-state index in [1.807, 2.05) is 6.07 Å². The van der Waals surface area contributed by atoms with E-state index in [4.69, 9.17) is 13.9 Å². The summed E-state index contributed by atoms with van der Waals surface area (Å²) >= 11 is 0. The van der Waals surface area contributed by atoms with Crippen LogP contribution in [0.2, 0.25) is 0 Å². The summed E-state index contributed by atoms with van der Waals surface area (Å²) in [6, 6.07) is 6.80. The zero-order valence-corrected chi connectivity index (χ0v) is 18.8. The number of halogens is 1. The van der Waals surface area contributed by atoms with Gasteiger partial charge in [-0.2, -0.15) is 4.98 Å². The number of benzene rings is 1. The van der Waals surface area contributed by atoms with Crippen molar-refractivity contribution >= 4 is 22.9 Å². The highest BCUT2D eigenvalue weighted by Gasteiger charge is 2.52. The Morgan fingerprint density at radius 2 is 2.09 bits per heavy atom. The Hall–Kier alpha value is -3.47. The molecule has 0 bridgehead atoms. The van der Waals surface area contributed by atoms with Gasteiger partial charge in [0.05, 0.1) is 23.5 Å². The van der Waals surface area contributed by atoms with E-state index in [0.29, 0.717) is 11.5 Å². The van der Waals surface area contributed by atoms with Crippen molar-refractivity contribution in [3.63, 3.8) is 0 Å². The Morgan fingerprint density at radius 1 is 1.24 bits per heavy atom. The number of rotatable bonds is 7. The van der Waals surface area contributed by atoms with E-state index in [2.05, 4.69) is 14.7 Å². The smallest absolute Gasteiger partial charge is 0.416 e. The lowest BCUT2D eigenvalue weighted by Gasteiger charge is -2.52. The van der Waals surface area contributed by atoms with Gasteiger partial charge in [-0.15, -0.1) is 0 Å². The molecule has 11 heteroatoms. The Kier molecular flexibility index (Phi) is 5.01. The van der Waals surface area contributed by atoms with Gasteiger partial charge < -0.3 is 13.9 Å². The minimum Gasteiger partial charge on any atom is -0.417 e. The largest absolute Gasteiger partial charge is 0.417 e. The summed E-state index contributed by atoms with van der Waals surface area (Å²) in [5.41, 5.74) is 0.535. The van der Waals surface area contributed by atoms with Gasteiger partial charge in [0.15, 0.2) is 11.6 Å². The average molecular weight is 485 g/mol. The predicted octanol–water partition coefficient (Wildman–Crippen LogP) is 4.63. The molecule has 0 saturated heterocycles. The number of ether oxygens (including phenoxy) is 2. The quantitative estimate of drug-likeness (QED) is 0.521. The highest BCUT2D eigenvalue weighted by atomic mass is 32.2. The lowest BCUT2D eigenvalue weighted by molar-refractivity contribution is 0.00111. The molecule has 2 fully saturated rings. The maximum Gasteiger partial charge on any atom is 0.416 e. The lowest BCUT2D eigenvalue weighted by atomic mass is 9.69. The van der Waals surface area contributed by atoms with Crippen LogP contribution in [0, 0.1) is 5.82 Å². The van der Waals surface area contributed by atoms with Crippen LogP contribution in [0.25, 0.3) is 0 Å². The van der Waals surface area contributed by atoms with E-state index in [-0.39, 0.29) is 29.3 Å². The van der Waals surface area contributed by atoms with Crippen molar-refractivity contribution in [1.29, 1.82) is 0 Å². The molecule has 1 aliphatic heterocycles. The normalized spacial score (nSPS) is 19.2. The molecule has 3 aromatic rings. The van der Waals surface area contributed by atoms with E-state index in [9.17, 15) is 9.00 Å². The van der Waals surface area contributed by atoms with Gasteiger partial charge in [-0.25, -0.2) is 18.4 Å². The van der Waals surface area contributed by atoms with Crippen LogP contribution in [-0.2, 0) is 23.1 Å². The molecule has 1 spiro atoms. The first kappa shape index (κ1) is 21.1. The maximum atomic E-state index is 15.2. The number of amides is 1. The van der Waals surface area contributed by atoms with Crippen molar-refractivity contribution in [2.75, 3.05) is 4.72 Å². The summed E-state index contributed by atoms with van der Waals surface area (Å²) in [5.74, 6) is 0.155. The molecule has 0 radical (unpaired) electrons. The van der Waals surface area contributed by atoms with Gasteiger partial charge in [-0.1, -0.05) is 0 Å². The number of nitrogens with one attached hydrogen (secondary N) is 1. The molecule has 2 saturated carbocycles. The predicted molar refractivity (Wildman–Crippen MR) is 119 cm³/mol. The third kappa shape index (κ3) is 3.60. The number of hydrogen-bond acceptors (Lipinski definition) is 7. The lowest BCUT2D eigenvalue weighted by Crippen LogP contribution is -2.57. The molecule has 2 aromatic heterocycles. The van der Waals surface area contributed by atoms with Crippen molar-refractivity contribution in [2.45, 2.75) is 49.4 Å². The number of fused-ring (bicyclic) bond motifs is 2. The molecule has 1 atom stereocenters. The Bertz CT molecular complexity index is 1280. The molecule has 3 aliphatic rings. The molecule has 3 heterocycles. The summed E-state index contributed by atoms with van der Waals surface area (Å²) in [7, 11) is -1.37. The minimum absolute atomic E-state index is 0.00589. The number of carbonyl (C=O) groups excluding carboxylic acids is 1. The molecule has 1 N–H and O–H groups in total. The fraction of sp³-hybridized carbons (Fsp3) is 0.348. The fourth-order valence-electron chi connectivity index (χ4n) is 4.44. The molecule has 176 valence electrons. The van der Waals surface area contributed by atoms with Gasteiger partial charge in [0.25, 0.3) is 0 Å². The van der Waals surface area contributed by atoms with Crippen molar-refractivity contribution in [3.05, 3.63) is 59.9 Å². The number of carbonyl (C=O) groups is 1. The van der Waals surface area contributed by atoms with Crippen LogP contribution in [0.5, 0.6) is 17.6 Å². The first-order valence-electron chi connectivity index (χ1n) is 11.1. The second kappa shape index (κ2) is 8.08. The van der Waals surface area contributed by atoms with Crippen molar-refractivity contribution in [2.24, 2.45) is 0 Å². The number of pyridine rings is 1. The van der Waals surface area contributed by atoms with Gasteiger partial charge in [-0.05, 0) is 50.3 Å². The standard InChI is InChI=1S/C23H21FN4O5S/c24-19-14(6-9-25-20(19)27-34(30)16-3-4-16)13-28-22(29)33-18-12-15(32-21-26-10-11-31-21)2-5-17(18)23(28)7-1-8-23/h2,5-6,9-12,16H,1,3-4,7-8,13H2,(H,25,27). The third-order valence-electron chi connectivity index (χ3n) is 6.51. The molecular weight excluding hydrogens is 463 g/mol. The molecule has 6 rings (SSSR count). The number of nitrogens with zero attached hydrogens (tertiary/aromatic N) is 3. The summed E-state index contributed by atoms with van der Waals surface area (Å²) in [5, 5.41) is 0.0362. The second-order valence-corrected chi connectivity index (χ2v) is 10.1. The summed E-state index contributed by atoms with van der Waals surface area (Å²) in [6.45, 7) is 0.00589. The van der Waals surface area contributed by atoms with Crippen LogP contribution < -0.4 is 14.2 Å². The monoisotopic (exact) mass is 484 g/mol. The van der Waals surface area contributed by atoms with Crippen LogP contribution in [-0.4, -0.2) is 30.4 Å². The van der Waals surface area contributed by atoms with E-state index in [1.165, 1.54) is 24.7 Å². The summed E-state index contributed by atoms with van der Waals surface area (Å²) in [6.07, 6.45) is 7.96. The maximum absolute atomic E-state index is 15.2. The average Bonchev–Trinajstić information content (AvgIpc) is 3.53. The number of anilines is 1. The minimum atomic E-state index is -1.37. The van der Waals surface area contributed by atoms with Crippen LogP contribution in [0.4, 0.5) is 15.0 Å². The third-order valence-corrected chi connectivity index (χ3v) is 7.98. The topological polar surface area (TPSA) is 107 Å². The number of oxazole rings is 1. The van der Waals surface area contributed by atoms with Gasteiger partial charge >= 0.3 is 12.2 Å². The second-order valence-electron chi connectivity index (χ2n) is 8.63. The van der Waals surface area contributed by atoms with Gasteiger partial charge in [0.1, 0.15) is 28.7 Å². The molecule has 9 nitrogen and oxygen atoms in total. The Morgan fingerprint density at radius 3 is 2.79 bits per heavy atom. The van der Waals surface area contributed by atoms with Crippen LogP contribution in [0.1, 0.15) is 43.2 Å². The van der Waals surface area contributed by atoms with Crippen molar-refractivity contribution in [1.82, 2.24) is 14.9 Å². The van der Waals surface area contributed by atoms with Gasteiger partial charge in [-0.3, -0.25) is 9.62 Å². The van der Waals surface area contributed by atoms with E-state index in [0.717, 1.165) is 37.7 Å². The zero-order chi connectivity index (χ0) is 23.3. The SMILES string of the molecule is O=C1Oc2cc(Oc3ncco3)ccc2C2(CCC2)N1Cc1ccnc(NS(=O)C2CC2)c1F. The van der Waals surface area contributed by atoms with Crippen molar-refractivity contribution in [3.8, 4) is 17.6 Å². The molecule has 34 heavy (non-hydrogen) atoms. The summed E-state index contributed by atoms with van der Waals surface area (Å²) in [4.78, 5) is 22.6.